The lowest BCUT2D eigenvalue weighted by molar-refractivity contribution is 0.211. The van der Waals surface area contributed by atoms with Gasteiger partial charge in [0.25, 0.3) is 0 Å². The van der Waals surface area contributed by atoms with Gasteiger partial charge in [0.2, 0.25) is 10.0 Å². The molecule has 0 aromatic rings. The highest BCUT2D eigenvalue weighted by atomic mass is 32.2. The molecule has 0 amide bonds. The summed E-state index contributed by atoms with van der Waals surface area (Å²) in [6.45, 7) is 1.42. The van der Waals surface area contributed by atoms with Gasteiger partial charge in [0.1, 0.15) is 0 Å². The summed E-state index contributed by atoms with van der Waals surface area (Å²) < 4.78 is 24.7. The number of nitrogens with zero attached hydrogens (tertiary/aromatic N) is 2. The molecule has 92 valence electrons. The van der Waals surface area contributed by atoms with Crippen LogP contribution in [-0.2, 0) is 10.0 Å². The number of aliphatic hydroxyl groups is 1. The molecule has 6 heteroatoms. The van der Waals surface area contributed by atoms with Crippen LogP contribution in [0.4, 0.5) is 0 Å². The SMILES string of the molecule is C#CCN1CC(N(C)CCCO)CS1(=O)=O. The first-order chi connectivity index (χ1) is 7.51. The van der Waals surface area contributed by atoms with Crippen molar-refractivity contribution in [1.29, 1.82) is 0 Å². The van der Waals surface area contributed by atoms with Gasteiger partial charge in [-0.25, -0.2) is 8.42 Å². The van der Waals surface area contributed by atoms with Crippen molar-refractivity contribution in [3.63, 3.8) is 0 Å². The van der Waals surface area contributed by atoms with Crippen LogP contribution in [0.5, 0.6) is 0 Å². The average Bonchev–Trinajstić information content (AvgIpc) is 2.52. The van der Waals surface area contributed by atoms with E-state index < -0.39 is 10.0 Å². The fourth-order valence-corrected chi connectivity index (χ4v) is 3.51. The molecule has 1 atom stereocenters. The minimum Gasteiger partial charge on any atom is -0.396 e. The Morgan fingerprint density at radius 1 is 1.62 bits per heavy atom. The van der Waals surface area contributed by atoms with Gasteiger partial charge >= 0.3 is 0 Å². The quantitative estimate of drug-likeness (QED) is 0.629. The van der Waals surface area contributed by atoms with Crippen molar-refractivity contribution < 1.29 is 13.5 Å². The molecule has 0 aliphatic carbocycles. The molecule has 0 radical (unpaired) electrons. The lowest BCUT2D eigenvalue weighted by atomic mass is 10.2. The van der Waals surface area contributed by atoms with Gasteiger partial charge in [-0.1, -0.05) is 5.92 Å². The second kappa shape index (κ2) is 5.64. The molecule has 0 spiro atoms. The molecule has 0 aromatic heterocycles. The van der Waals surface area contributed by atoms with Crippen LogP contribution < -0.4 is 0 Å². The van der Waals surface area contributed by atoms with Gasteiger partial charge in [-0.05, 0) is 13.5 Å². The Hall–Kier alpha value is -0.610. The molecule has 1 heterocycles. The van der Waals surface area contributed by atoms with E-state index in [1.807, 2.05) is 11.9 Å². The standard InChI is InChI=1S/C10H18N2O3S/c1-3-5-12-8-10(9-16(12,14)15)11(2)6-4-7-13/h1,10,13H,4-9H2,2H3. The molecule has 0 saturated carbocycles. The first-order valence-electron chi connectivity index (χ1n) is 5.23. The average molecular weight is 246 g/mol. The highest BCUT2D eigenvalue weighted by Gasteiger charge is 2.37. The fraction of sp³-hybridized carbons (Fsp3) is 0.800. The van der Waals surface area contributed by atoms with E-state index in [0.29, 0.717) is 19.5 Å². The first kappa shape index (κ1) is 13.5. The number of rotatable bonds is 5. The van der Waals surface area contributed by atoms with Gasteiger partial charge in [-0.3, -0.25) is 0 Å². The van der Waals surface area contributed by atoms with Gasteiger partial charge in [0.15, 0.2) is 0 Å². The van der Waals surface area contributed by atoms with Crippen LogP contribution in [0.1, 0.15) is 6.42 Å². The summed E-state index contributed by atoms with van der Waals surface area (Å²) in [4.78, 5) is 1.96. The number of sulfonamides is 1. The lowest BCUT2D eigenvalue weighted by Gasteiger charge is -2.22. The third-order valence-electron chi connectivity index (χ3n) is 2.77. The molecular weight excluding hydrogens is 228 g/mol. The van der Waals surface area contributed by atoms with Crippen molar-refractivity contribution in [3.8, 4) is 12.3 Å². The largest absolute Gasteiger partial charge is 0.396 e. The Bertz CT molecular complexity index is 361. The highest BCUT2D eigenvalue weighted by molar-refractivity contribution is 7.89. The third-order valence-corrected chi connectivity index (χ3v) is 4.64. The molecule has 1 unspecified atom stereocenters. The van der Waals surface area contributed by atoms with Crippen LogP contribution in [0.15, 0.2) is 0 Å². The van der Waals surface area contributed by atoms with Gasteiger partial charge in [-0.2, -0.15) is 4.31 Å². The van der Waals surface area contributed by atoms with E-state index in [1.54, 1.807) is 0 Å². The summed E-state index contributed by atoms with van der Waals surface area (Å²) in [5.41, 5.74) is 0. The first-order valence-corrected chi connectivity index (χ1v) is 6.84. The van der Waals surface area contributed by atoms with E-state index in [0.717, 1.165) is 0 Å². The highest BCUT2D eigenvalue weighted by Crippen LogP contribution is 2.17. The number of likely N-dealkylation sites (N-methyl/N-ethyl adjacent to an activating group) is 1. The van der Waals surface area contributed by atoms with Crippen molar-refractivity contribution in [2.45, 2.75) is 12.5 Å². The second-order valence-electron chi connectivity index (χ2n) is 3.99. The molecule has 5 nitrogen and oxygen atoms in total. The molecule has 1 fully saturated rings. The van der Waals surface area contributed by atoms with Crippen LogP contribution in [0.3, 0.4) is 0 Å². The van der Waals surface area contributed by atoms with Crippen molar-refractivity contribution >= 4 is 10.0 Å². The third kappa shape index (κ3) is 3.19. The van der Waals surface area contributed by atoms with Crippen molar-refractivity contribution in [2.75, 3.05) is 39.0 Å². The molecule has 1 aliphatic heterocycles. The second-order valence-corrected chi connectivity index (χ2v) is 6.00. The number of aliphatic hydroxyl groups excluding tert-OH is 1. The molecular formula is C10H18N2O3S. The van der Waals surface area contributed by atoms with E-state index in [2.05, 4.69) is 5.92 Å². The fourth-order valence-electron chi connectivity index (χ4n) is 1.78. The van der Waals surface area contributed by atoms with Gasteiger partial charge in [0.05, 0.1) is 12.3 Å². The van der Waals surface area contributed by atoms with Gasteiger partial charge < -0.3 is 10.0 Å². The van der Waals surface area contributed by atoms with E-state index in [4.69, 9.17) is 11.5 Å². The van der Waals surface area contributed by atoms with Crippen LogP contribution in [-0.4, -0.2) is 67.8 Å². The summed E-state index contributed by atoms with van der Waals surface area (Å²) in [5, 5.41) is 8.71. The Balaban J connectivity index is 2.58. The lowest BCUT2D eigenvalue weighted by Crippen LogP contribution is -2.37. The summed E-state index contributed by atoms with van der Waals surface area (Å²) in [5.74, 6) is 2.48. The smallest absolute Gasteiger partial charge is 0.216 e. The van der Waals surface area contributed by atoms with E-state index in [-0.39, 0.29) is 24.9 Å². The zero-order valence-electron chi connectivity index (χ0n) is 9.46. The summed E-state index contributed by atoms with van der Waals surface area (Å²) in [7, 11) is -1.31. The van der Waals surface area contributed by atoms with E-state index in [1.165, 1.54) is 4.31 Å². The van der Waals surface area contributed by atoms with Crippen molar-refractivity contribution in [1.82, 2.24) is 9.21 Å². The Kier molecular flexibility index (Phi) is 4.74. The Labute approximate surface area is 97.1 Å². The molecule has 0 bridgehead atoms. The van der Waals surface area contributed by atoms with Gasteiger partial charge in [0, 0.05) is 25.7 Å². The molecule has 0 aromatic carbocycles. The molecule has 1 N–H and O–H groups in total. The summed E-state index contributed by atoms with van der Waals surface area (Å²) >= 11 is 0. The maximum Gasteiger partial charge on any atom is 0.216 e. The van der Waals surface area contributed by atoms with E-state index in [9.17, 15) is 8.42 Å². The summed E-state index contributed by atoms with van der Waals surface area (Å²) in [6.07, 6.45) is 5.78. The predicted molar refractivity (Wildman–Crippen MR) is 62.3 cm³/mol. The maximum absolute atomic E-state index is 11.7. The number of terminal acetylenes is 1. The van der Waals surface area contributed by atoms with E-state index >= 15 is 0 Å². The zero-order chi connectivity index (χ0) is 12.2. The predicted octanol–water partition coefficient (Wildman–Crippen LogP) is -1.05. The number of hydrogen-bond donors (Lipinski definition) is 1. The summed E-state index contributed by atoms with van der Waals surface area (Å²) in [6, 6.07) is -0.0232. The minimum atomic E-state index is -3.18. The van der Waals surface area contributed by atoms with Crippen molar-refractivity contribution in [2.24, 2.45) is 0 Å². The molecule has 1 saturated heterocycles. The maximum atomic E-state index is 11.7. The van der Waals surface area contributed by atoms with Crippen LogP contribution in [0.25, 0.3) is 0 Å². The van der Waals surface area contributed by atoms with Crippen LogP contribution in [0.2, 0.25) is 0 Å². The monoisotopic (exact) mass is 246 g/mol. The topological polar surface area (TPSA) is 60.9 Å². The molecule has 16 heavy (non-hydrogen) atoms. The molecule has 1 aliphatic rings. The number of hydrogen-bond acceptors (Lipinski definition) is 4. The van der Waals surface area contributed by atoms with Gasteiger partial charge in [-0.15, -0.1) is 6.42 Å². The molecule has 1 rings (SSSR count). The Morgan fingerprint density at radius 3 is 2.88 bits per heavy atom. The van der Waals surface area contributed by atoms with Crippen LogP contribution >= 0.6 is 0 Å². The zero-order valence-corrected chi connectivity index (χ0v) is 10.3. The minimum absolute atomic E-state index is 0.0232. The van der Waals surface area contributed by atoms with Crippen molar-refractivity contribution in [3.05, 3.63) is 0 Å². The Morgan fingerprint density at radius 2 is 2.31 bits per heavy atom. The normalized spacial score (nSPS) is 24.8. The van der Waals surface area contributed by atoms with Crippen LogP contribution in [0, 0.1) is 12.3 Å².